The van der Waals surface area contributed by atoms with Crippen molar-refractivity contribution < 1.29 is 14.2 Å². The molecule has 0 aliphatic carbocycles. The minimum absolute atomic E-state index is 0.389. The van der Waals surface area contributed by atoms with Gasteiger partial charge in [0, 0.05) is 10.0 Å². The lowest BCUT2D eigenvalue weighted by Gasteiger charge is -2.10. The van der Waals surface area contributed by atoms with E-state index in [4.69, 9.17) is 14.2 Å². The van der Waals surface area contributed by atoms with Crippen molar-refractivity contribution in [2.75, 3.05) is 7.11 Å². The van der Waals surface area contributed by atoms with E-state index in [2.05, 4.69) is 15.9 Å². The van der Waals surface area contributed by atoms with Crippen LogP contribution in [0.5, 0.6) is 17.2 Å². The van der Waals surface area contributed by atoms with Crippen LogP contribution in [0.2, 0.25) is 0 Å². The summed E-state index contributed by atoms with van der Waals surface area (Å²) in [5.41, 5.74) is 0.961. The van der Waals surface area contributed by atoms with Crippen molar-refractivity contribution in [1.82, 2.24) is 0 Å². The maximum atomic E-state index is 5.75. The zero-order valence-electron chi connectivity index (χ0n) is 9.72. The van der Waals surface area contributed by atoms with Gasteiger partial charge in [0.25, 0.3) is 6.29 Å². The lowest BCUT2D eigenvalue weighted by Crippen LogP contribution is -2.07. The molecule has 0 saturated heterocycles. The molecule has 0 N–H and O–H groups in total. The fraction of sp³-hybridized carbons (Fsp3) is 0.143. The molecular formula is C14H11BrO3. The normalized spacial score (nSPS) is 16.7. The predicted molar refractivity (Wildman–Crippen MR) is 71.1 cm³/mol. The van der Waals surface area contributed by atoms with Crippen LogP contribution in [-0.2, 0) is 0 Å². The summed E-state index contributed by atoms with van der Waals surface area (Å²) >= 11 is 3.41. The first kappa shape index (κ1) is 11.4. The second-order valence-electron chi connectivity index (χ2n) is 3.93. The third-order valence-corrected chi connectivity index (χ3v) is 3.25. The molecule has 0 amide bonds. The van der Waals surface area contributed by atoms with Crippen LogP contribution in [0.3, 0.4) is 0 Å². The Labute approximate surface area is 113 Å². The summed E-state index contributed by atoms with van der Waals surface area (Å²) in [5, 5.41) is 0. The Morgan fingerprint density at radius 2 is 1.72 bits per heavy atom. The van der Waals surface area contributed by atoms with Crippen LogP contribution in [-0.4, -0.2) is 7.11 Å². The monoisotopic (exact) mass is 306 g/mol. The van der Waals surface area contributed by atoms with Gasteiger partial charge in [-0.2, -0.15) is 0 Å². The van der Waals surface area contributed by atoms with Crippen molar-refractivity contribution in [3.8, 4) is 17.2 Å². The lowest BCUT2D eigenvalue weighted by atomic mass is 10.2. The molecule has 3 nitrogen and oxygen atoms in total. The number of fused-ring (bicyclic) bond motifs is 1. The van der Waals surface area contributed by atoms with E-state index >= 15 is 0 Å². The summed E-state index contributed by atoms with van der Waals surface area (Å²) < 4.78 is 17.6. The molecular weight excluding hydrogens is 296 g/mol. The number of hydrogen-bond acceptors (Lipinski definition) is 3. The molecule has 0 fully saturated rings. The molecule has 92 valence electrons. The molecule has 0 spiro atoms. The molecule has 1 aliphatic heterocycles. The number of methoxy groups -OCH3 is 1. The van der Waals surface area contributed by atoms with E-state index in [9.17, 15) is 0 Å². The smallest absolute Gasteiger partial charge is 0.267 e. The van der Waals surface area contributed by atoms with Crippen molar-refractivity contribution in [3.63, 3.8) is 0 Å². The quantitative estimate of drug-likeness (QED) is 0.841. The van der Waals surface area contributed by atoms with E-state index in [0.29, 0.717) is 0 Å². The molecule has 1 heterocycles. The van der Waals surface area contributed by atoms with Gasteiger partial charge in [-0.3, -0.25) is 0 Å². The highest BCUT2D eigenvalue weighted by atomic mass is 79.9. The van der Waals surface area contributed by atoms with Crippen molar-refractivity contribution in [2.45, 2.75) is 6.29 Å². The van der Waals surface area contributed by atoms with Gasteiger partial charge in [-0.1, -0.05) is 15.9 Å². The first-order valence-electron chi connectivity index (χ1n) is 5.53. The van der Waals surface area contributed by atoms with E-state index in [1.54, 1.807) is 7.11 Å². The van der Waals surface area contributed by atoms with E-state index < -0.39 is 0 Å². The number of ether oxygens (including phenoxy) is 3. The van der Waals surface area contributed by atoms with Crippen molar-refractivity contribution in [3.05, 3.63) is 52.5 Å². The Hall–Kier alpha value is -1.68. The molecule has 2 aromatic carbocycles. The highest BCUT2D eigenvalue weighted by molar-refractivity contribution is 9.10. The standard InChI is InChI=1S/C14H11BrO3/c1-16-11-5-2-9(3-6-11)14-17-12-7-4-10(15)8-13(12)18-14/h2-8,14H,1H3. The van der Waals surface area contributed by atoms with Crippen LogP contribution in [0, 0.1) is 0 Å². The van der Waals surface area contributed by atoms with Gasteiger partial charge >= 0.3 is 0 Å². The highest BCUT2D eigenvalue weighted by Gasteiger charge is 2.25. The fourth-order valence-corrected chi connectivity index (χ4v) is 2.16. The second kappa shape index (κ2) is 4.53. The largest absolute Gasteiger partial charge is 0.497 e. The number of benzene rings is 2. The van der Waals surface area contributed by atoms with Crippen LogP contribution in [0.25, 0.3) is 0 Å². The van der Waals surface area contributed by atoms with Gasteiger partial charge in [0.1, 0.15) is 5.75 Å². The first-order valence-corrected chi connectivity index (χ1v) is 6.32. The molecule has 0 bridgehead atoms. The van der Waals surface area contributed by atoms with Crippen LogP contribution in [0.1, 0.15) is 11.9 Å². The Morgan fingerprint density at radius 3 is 2.44 bits per heavy atom. The number of rotatable bonds is 2. The van der Waals surface area contributed by atoms with Gasteiger partial charge in [0.15, 0.2) is 11.5 Å². The molecule has 1 aliphatic rings. The molecule has 1 atom stereocenters. The van der Waals surface area contributed by atoms with Gasteiger partial charge in [-0.05, 0) is 42.5 Å². The summed E-state index contributed by atoms with van der Waals surface area (Å²) in [6.07, 6.45) is -0.389. The van der Waals surface area contributed by atoms with Gasteiger partial charge in [0.05, 0.1) is 7.11 Å². The van der Waals surface area contributed by atoms with Gasteiger partial charge < -0.3 is 14.2 Å². The zero-order valence-corrected chi connectivity index (χ0v) is 11.3. The summed E-state index contributed by atoms with van der Waals surface area (Å²) in [7, 11) is 1.64. The van der Waals surface area contributed by atoms with Gasteiger partial charge in [0.2, 0.25) is 0 Å². The zero-order chi connectivity index (χ0) is 12.5. The molecule has 18 heavy (non-hydrogen) atoms. The average molecular weight is 307 g/mol. The van der Waals surface area contributed by atoms with Crippen LogP contribution < -0.4 is 14.2 Å². The predicted octanol–water partition coefficient (Wildman–Crippen LogP) is 3.93. The van der Waals surface area contributed by atoms with Gasteiger partial charge in [-0.25, -0.2) is 0 Å². The van der Waals surface area contributed by atoms with Crippen molar-refractivity contribution in [2.24, 2.45) is 0 Å². The molecule has 0 aromatic heterocycles. The minimum atomic E-state index is -0.389. The Kier molecular flexibility index (Phi) is 2.88. The topological polar surface area (TPSA) is 27.7 Å². The summed E-state index contributed by atoms with van der Waals surface area (Å²) in [6, 6.07) is 13.4. The summed E-state index contributed by atoms with van der Waals surface area (Å²) in [4.78, 5) is 0. The van der Waals surface area contributed by atoms with E-state index in [-0.39, 0.29) is 6.29 Å². The summed E-state index contributed by atoms with van der Waals surface area (Å²) in [5.74, 6) is 2.33. The van der Waals surface area contributed by atoms with E-state index in [1.807, 2.05) is 42.5 Å². The Morgan fingerprint density at radius 1 is 1.00 bits per heavy atom. The maximum absolute atomic E-state index is 5.75. The fourth-order valence-electron chi connectivity index (χ4n) is 1.82. The van der Waals surface area contributed by atoms with Crippen molar-refractivity contribution >= 4 is 15.9 Å². The average Bonchev–Trinajstić information content (AvgIpc) is 2.81. The maximum Gasteiger partial charge on any atom is 0.267 e. The lowest BCUT2D eigenvalue weighted by molar-refractivity contribution is 0.0487. The molecule has 0 radical (unpaired) electrons. The Balaban J connectivity index is 1.84. The number of halogens is 1. The van der Waals surface area contributed by atoms with E-state index in [1.165, 1.54) is 0 Å². The minimum Gasteiger partial charge on any atom is -0.497 e. The molecule has 2 aromatic rings. The molecule has 4 heteroatoms. The Bertz CT molecular complexity index is 566. The SMILES string of the molecule is COc1ccc(C2Oc3ccc(Br)cc3O2)cc1. The summed E-state index contributed by atoms with van der Waals surface area (Å²) in [6.45, 7) is 0. The molecule has 0 saturated carbocycles. The van der Waals surface area contributed by atoms with Crippen LogP contribution in [0.4, 0.5) is 0 Å². The van der Waals surface area contributed by atoms with Crippen LogP contribution in [0.15, 0.2) is 46.9 Å². The third-order valence-electron chi connectivity index (χ3n) is 2.76. The number of hydrogen-bond donors (Lipinski definition) is 0. The highest BCUT2D eigenvalue weighted by Crippen LogP contribution is 2.41. The molecule has 3 rings (SSSR count). The second-order valence-corrected chi connectivity index (χ2v) is 4.85. The molecule has 1 unspecified atom stereocenters. The van der Waals surface area contributed by atoms with Crippen LogP contribution >= 0.6 is 15.9 Å². The first-order chi connectivity index (χ1) is 8.76. The van der Waals surface area contributed by atoms with E-state index in [0.717, 1.165) is 27.3 Å². The van der Waals surface area contributed by atoms with Gasteiger partial charge in [-0.15, -0.1) is 0 Å². The van der Waals surface area contributed by atoms with Crippen molar-refractivity contribution in [1.29, 1.82) is 0 Å². The third kappa shape index (κ3) is 2.04.